The highest BCUT2D eigenvalue weighted by Gasteiger charge is 2.23. The third kappa shape index (κ3) is 4.96. The minimum absolute atomic E-state index is 0.0604. The number of hydrogen-bond donors (Lipinski definition) is 1. The Balaban J connectivity index is 1.53. The zero-order valence-corrected chi connectivity index (χ0v) is 15.8. The average Bonchev–Trinajstić information content (AvgIpc) is 2.67. The first-order valence-electron chi connectivity index (χ1n) is 9.38. The Morgan fingerprint density at radius 1 is 1.31 bits per heavy atom. The summed E-state index contributed by atoms with van der Waals surface area (Å²) >= 11 is 0. The van der Waals surface area contributed by atoms with Crippen LogP contribution in [0.15, 0.2) is 47.4 Å². The molecule has 3 rings (SSSR count). The van der Waals surface area contributed by atoms with Crippen molar-refractivity contribution in [1.29, 1.82) is 0 Å². The average molecular weight is 355 g/mol. The molecule has 0 saturated carbocycles. The molecule has 1 fully saturated rings. The Morgan fingerprint density at radius 3 is 2.85 bits per heavy atom. The molecule has 1 aliphatic heterocycles. The zero-order chi connectivity index (χ0) is 18.4. The Labute approximate surface area is 155 Å². The summed E-state index contributed by atoms with van der Waals surface area (Å²) in [6.07, 6.45) is 5.17. The number of ether oxygens (including phenoxy) is 1. The molecular formula is C21H29N3O2. The fourth-order valence-electron chi connectivity index (χ4n) is 3.66. The lowest BCUT2D eigenvalue weighted by Gasteiger charge is -2.37. The van der Waals surface area contributed by atoms with E-state index in [1.165, 1.54) is 25.5 Å². The van der Waals surface area contributed by atoms with Gasteiger partial charge in [0.15, 0.2) is 5.75 Å². The summed E-state index contributed by atoms with van der Waals surface area (Å²) in [7, 11) is 3.75. The van der Waals surface area contributed by atoms with Gasteiger partial charge in [0.05, 0.1) is 7.11 Å². The second kappa shape index (κ2) is 9.01. The topological polar surface area (TPSA) is 48.6 Å². The highest BCUT2D eigenvalue weighted by atomic mass is 16.5. The molecule has 1 N–H and O–H groups in total. The van der Waals surface area contributed by atoms with Crippen LogP contribution in [0.1, 0.15) is 24.1 Å². The van der Waals surface area contributed by atoms with E-state index in [9.17, 15) is 4.79 Å². The predicted molar refractivity (Wildman–Crippen MR) is 105 cm³/mol. The van der Waals surface area contributed by atoms with Gasteiger partial charge in [-0.2, -0.15) is 0 Å². The van der Waals surface area contributed by atoms with Crippen LogP contribution >= 0.6 is 0 Å². The summed E-state index contributed by atoms with van der Waals surface area (Å²) in [4.78, 5) is 20.0. The van der Waals surface area contributed by atoms with E-state index in [4.69, 9.17) is 4.74 Å². The second-order valence-corrected chi connectivity index (χ2v) is 7.14. The number of piperidine rings is 1. The number of likely N-dealkylation sites (tertiary alicyclic amines) is 1. The van der Waals surface area contributed by atoms with Crippen molar-refractivity contribution in [3.63, 3.8) is 0 Å². The quantitative estimate of drug-likeness (QED) is 0.829. The minimum Gasteiger partial charge on any atom is -0.491 e. The molecule has 1 atom stereocenters. The van der Waals surface area contributed by atoms with Crippen LogP contribution in [-0.2, 0) is 13.0 Å². The fraction of sp³-hybridized carbons (Fsp3) is 0.476. The van der Waals surface area contributed by atoms with E-state index in [1.54, 1.807) is 12.3 Å². The first-order chi connectivity index (χ1) is 12.7. The van der Waals surface area contributed by atoms with Gasteiger partial charge >= 0.3 is 0 Å². The van der Waals surface area contributed by atoms with Crippen LogP contribution in [0.25, 0.3) is 0 Å². The van der Waals surface area contributed by atoms with Gasteiger partial charge in [0.2, 0.25) is 5.43 Å². The van der Waals surface area contributed by atoms with E-state index in [1.807, 2.05) is 0 Å². The highest BCUT2D eigenvalue weighted by Crippen LogP contribution is 2.17. The maximum absolute atomic E-state index is 11.9. The Morgan fingerprint density at radius 2 is 2.12 bits per heavy atom. The van der Waals surface area contributed by atoms with Crippen LogP contribution in [0.5, 0.6) is 5.75 Å². The number of H-pyrrole nitrogens is 1. The van der Waals surface area contributed by atoms with Crippen molar-refractivity contribution in [3.05, 3.63) is 64.1 Å². The van der Waals surface area contributed by atoms with Crippen LogP contribution in [0, 0.1) is 0 Å². The predicted octanol–water partition coefficient (Wildman–Crippen LogP) is 2.52. The fourth-order valence-corrected chi connectivity index (χ4v) is 3.66. The standard InChI is InChI=1S/C21H29N3O2/c1-23(12-10-17-7-4-3-5-8-17)19-9-6-11-24(16-19)15-18-13-20(25)21(26-2)14-22-18/h3-5,7-8,13-14,19H,6,9-12,15-16H2,1-2H3,(H,22,25)/t19-/m1/s1. The number of benzene rings is 1. The molecule has 26 heavy (non-hydrogen) atoms. The van der Waals surface area contributed by atoms with E-state index in [2.05, 4.69) is 52.2 Å². The Hall–Kier alpha value is -2.11. The summed E-state index contributed by atoms with van der Waals surface area (Å²) in [5.74, 6) is 0.367. The second-order valence-electron chi connectivity index (χ2n) is 7.14. The number of nitrogens with zero attached hydrogens (tertiary/aromatic N) is 2. The third-order valence-corrected chi connectivity index (χ3v) is 5.25. The summed E-state index contributed by atoms with van der Waals surface area (Å²) < 4.78 is 5.04. The van der Waals surface area contributed by atoms with Gasteiger partial charge in [-0.15, -0.1) is 0 Å². The van der Waals surface area contributed by atoms with Crippen molar-refractivity contribution in [2.45, 2.75) is 31.8 Å². The number of hydrogen-bond acceptors (Lipinski definition) is 4. The van der Waals surface area contributed by atoms with Gasteiger partial charge in [-0.3, -0.25) is 9.69 Å². The van der Waals surface area contributed by atoms with E-state index in [0.717, 1.165) is 38.3 Å². The molecule has 0 amide bonds. The first-order valence-corrected chi connectivity index (χ1v) is 9.38. The maximum atomic E-state index is 11.9. The van der Waals surface area contributed by atoms with Gasteiger partial charge in [-0.25, -0.2) is 0 Å². The molecule has 1 aromatic heterocycles. The Kier molecular flexibility index (Phi) is 6.47. The smallest absolute Gasteiger partial charge is 0.223 e. The largest absolute Gasteiger partial charge is 0.491 e. The monoisotopic (exact) mass is 355 g/mol. The maximum Gasteiger partial charge on any atom is 0.223 e. The molecule has 0 bridgehead atoms. The molecule has 0 radical (unpaired) electrons. The minimum atomic E-state index is -0.0604. The number of rotatable bonds is 7. The number of aromatic nitrogens is 1. The van der Waals surface area contributed by atoms with Crippen molar-refractivity contribution in [2.75, 3.05) is 33.8 Å². The van der Waals surface area contributed by atoms with E-state index in [0.29, 0.717) is 11.8 Å². The molecule has 1 aliphatic rings. The van der Waals surface area contributed by atoms with Crippen LogP contribution in [0.2, 0.25) is 0 Å². The SMILES string of the molecule is COc1c[nH]c(CN2CCC[C@@H](N(C)CCc3ccccc3)C2)cc1=O. The van der Waals surface area contributed by atoms with E-state index in [-0.39, 0.29) is 5.43 Å². The summed E-state index contributed by atoms with van der Waals surface area (Å²) in [6.45, 7) is 3.97. The van der Waals surface area contributed by atoms with Gasteiger partial charge in [0, 0.05) is 43.6 Å². The molecule has 0 unspecified atom stereocenters. The van der Waals surface area contributed by atoms with Crippen LogP contribution in [0.3, 0.4) is 0 Å². The molecule has 2 heterocycles. The van der Waals surface area contributed by atoms with Crippen molar-refractivity contribution >= 4 is 0 Å². The van der Waals surface area contributed by atoms with Crippen molar-refractivity contribution in [1.82, 2.24) is 14.8 Å². The van der Waals surface area contributed by atoms with Crippen molar-refractivity contribution in [2.24, 2.45) is 0 Å². The number of nitrogens with one attached hydrogen (secondary N) is 1. The molecule has 2 aromatic rings. The van der Waals surface area contributed by atoms with Crippen molar-refractivity contribution in [3.8, 4) is 5.75 Å². The van der Waals surface area contributed by atoms with Crippen molar-refractivity contribution < 1.29 is 4.74 Å². The number of pyridine rings is 1. The lowest BCUT2D eigenvalue weighted by atomic mass is 10.0. The van der Waals surface area contributed by atoms with Gasteiger partial charge in [-0.05, 0) is 38.4 Å². The van der Waals surface area contributed by atoms with Gasteiger partial charge in [-0.1, -0.05) is 30.3 Å². The van der Waals surface area contributed by atoms with Crippen LogP contribution < -0.4 is 10.2 Å². The molecular weight excluding hydrogens is 326 g/mol. The first kappa shape index (κ1) is 18.7. The molecule has 0 aliphatic carbocycles. The molecule has 140 valence electrons. The normalized spacial score (nSPS) is 18.2. The van der Waals surface area contributed by atoms with E-state index < -0.39 is 0 Å². The number of aromatic amines is 1. The highest BCUT2D eigenvalue weighted by molar-refractivity contribution is 5.20. The molecule has 1 aromatic carbocycles. The van der Waals surface area contributed by atoms with E-state index >= 15 is 0 Å². The molecule has 5 heteroatoms. The zero-order valence-electron chi connectivity index (χ0n) is 15.8. The van der Waals surface area contributed by atoms with Crippen LogP contribution in [0.4, 0.5) is 0 Å². The van der Waals surface area contributed by atoms with Gasteiger partial charge in [0.25, 0.3) is 0 Å². The number of methoxy groups -OCH3 is 1. The van der Waals surface area contributed by atoms with Gasteiger partial charge < -0.3 is 14.6 Å². The van der Waals surface area contributed by atoms with Gasteiger partial charge in [0.1, 0.15) is 0 Å². The third-order valence-electron chi connectivity index (χ3n) is 5.25. The lowest BCUT2D eigenvalue weighted by molar-refractivity contribution is 0.111. The van der Waals surface area contributed by atoms with Crippen LogP contribution in [-0.4, -0.2) is 54.6 Å². The summed E-state index contributed by atoms with van der Waals surface area (Å²) in [5, 5.41) is 0. The lowest BCUT2D eigenvalue weighted by Crippen LogP contribution is -2.46. The molecule has 5 nitrogen and oxygen atoms in total. The molecule has 0 spiro atoms. The molecule has 1 saturated heterocycles. The summed E-state index contributed by atoms with van der Waals surface area (Å²) in [6, 6.07) is 12.9. The summed E-state index contributed by atoms with van der Waals surface area (Å²) in [5.41, 5.74) is 2.28. The Bertz CT molecular complexity index is 744. The number of likely N-dealkylation sites (N-methyl/N-ethyl adjacent to an activating group) is 1.